The molecule has 0 atom stereocenters. The van der Waals surface area contributed by atoms with E-state index in [1.54, 1.807) is 13.3 Å². The molecule has 0 bridgehead atoms. The van der Waals surface area contributed by atoms with Crippen molar-refractivity contribution in [2.45, 2.75) is 38.3 Å². The van der Waals surface area contributed by atoms with E-state index in [1.807, 2.05) is 35.2 Å². The number of hydrogen-bond acceptors (Lipinski definition) is 5. The molecule has 1 aromatic heterocycles. The minimum Gasteiger partial charge on any atom is -0.495 e. The molecule has 7 nitrogen and oxygen atoms in total. The maximum atomic E-state index is 12.6. The van der Waals surface area contributed by atoms with Crippen molar-refractivity contribution in [3.63, 3.8) is 0 Å². The number of amides is 2. The molecule has 2 aromatic rings. The van der Waals surface area contributed by atoms with Gasteiger partial charge in [-0.25, -0.2) is 9.78 Å². The van der Waals surface area contributed by atoms with Crippen LogP contribution in [0.4, 0.5) is 10.5 Å². The van der Waals surface area contributed by atoms with Crippen LogP contribution >= 0.6 is 0 Å². The van der Waals surface area contributed by atoms with Crippen LogP contribution in [0.2, 0.25) is 0 Å². The van der Waals surface area contributed by atoms with Crippen molar-refractivity contribution >= 4 is 11.7 Å². The monoisotopic (exact) mass is 410 g/mol. The summed E-state index contributed by atoms with van der Waals surface area (Å²) < 4.78 is 11.4. The van der Waals surface area contributed by atoms with Gasteiger partial charge < -0.3 is 24.6 Å². The summed E-state index contributed by atoms with van der Waals surface area (Å²) in [5.74, 6) is 1.53. The second kappa shape index (κ2) is 9.69. The van der Waals surface area contributed by atoms with E-state index >= 15 is 0 Å². The molecule has 1 saturated carbocycles. The first kappa shape index (κ1) is 20.3. The summed E-state index contributed by atoms with van der Waals surface area (Å²) in [5.41, 5.74) is 2.04. The summed E-state index contributed by atoms with van der Waals surface area (Å²) in [6, 6.07) is 11.8. The maximum absolute atomic E-state index is 12.6. The highest BCUT2D eigenvalue weighted by Gasteiger charge is 2.22. The van der Waals surface area contributed by atoms with Crippen molar-refractivity contribution in [3.8, 4) is 11.6 Å². The lowest BCUT2D eigenvalue weighted by molar-refractivity contribution is 0.193. The fourth-order valence-electron chi connectivity index (χ4n) is 4.09. The number of urea groups is 1. The van der Waals surface area contributed by atoms with Crippen molar-refractivity contribution < 1.29 is 14.3 Å². The molecule has 1 aromatic carbocycles. The number of piperazine rings is 1. The quantitative estimate of drug-likeness (QED) is 0.790. The van der Waals surface area contributed by atoms with Gasteiger partial charge in [0.25, 0.3) is 0 Å². The number of carbonyl (C=O) groups excluding carboxylic acids is 1. The van der Waals surface area contributed by atoms with Gasteiger partial charge >= 0.3 is 6.03 Å². The second-order valence-corrected chi connectivity index (χ2v) is 7.83. The Labute approximate surface area is 178 Å². The summed E-state index contributed by atoms with van der Waals surface area (Å²) in [7, 11) is 1.69. The molecule has 2 fully saturated rings. The van der Waals surface area contributed by atoms with Crippen LogP contribution in [0, 0.1) is 0 Å². The lowest BCUT2D eigenvalue weighted by Crippen LogP contribution is -2.51. The number of ether oxygens (including phenoxy) is 2. The van der Waals surface area contributed by atoms with E-state index in [0.717, 1.165) is 42.9 Å². The van der Waals surface area contributed by atoms with Gasteiger partial charge in [0.1, 0.15) is 11.9 Å². The number of carbonyl (C=O) groups is 1. The number of nitrogens with one attached hydrogen (secondary N) is 1. The van der Waals surface area contributed by atoms with Crippen molar-refractivity contribution in [1.29, 1.82) is 0 Å². The Morgan fingerprint density at radius 2 is 1.87 bits per heavy atom. The molecular formula is C23H30N4O3. The predicted octanol–water partition coefficient (Wildman–Crippen LogP) is 3.44. The van der Waals surface area contributed by atoms with Gasteiger partial charge in [-0.3, -0.25) is 0 Å². The molecule has 0 spiro atoms. The Morgan fingerprint density at radius 1 is 1.10 bits per heavy atom. The Hall–Kier alpha value is -2.96. The van der Waals surface area contributed by atoms with E-state index in [1.165, 1.54) is 12.8 Å². The predicted molar refractivity (Wildman–Crippen MR) is 116 cm³/mol. The van der Waals surface area contributed by atoms with E-state index in [-0.39, 0.29) is 6.03 Å². The van der Waals surface area contributed by atoms with Crippen LogP contribution in [0.1, 0.15) is 31.2 Å². The molecule has 2 amide bonds. The topological polar surface area (TPSA) is 66.9 Å². The van der Waals surface area contributed by atoms with Gasteiger partial charge in [-0.05, 0) is 43.4 Å². The molecule has 30 heavy (non-hydrogen) atoms. The van der Waals surface area contributed by atoms with Crippen LogP contribution in [-0.4, -0.2) is 55.3 Å². The number of nitrogens with zero attached hydrogens (tertiary/aromatic N) is 3. The van der Waals surface area contributed by atoms with Crippen molar-refractivity contribution in [2.75, 3.05) is 38.2 Å². The number of anilines is 1. The third kappa shape index (κ3) is 4.96. The highest BCUT2D eigenvalue weighted by atomic mass is 16.5. The standard InChI is InChI=1S/C23H30N4O3/c1-29-21-9-5-4-8-20(21)26-12-14-27(15-13-26)23(28)25-17-18-10-11-22(24-16-18)30-19-6-2-3-7-19/h4-5,8-11,16,19H,2-3,6-7,12-15,17H2,1H3,(H,25,28). The number of pyridine rings is 1. The first-order valence-corrected chi connectivity index (χ1v) is 10.8. The summed E-state index contributed by atoms with van der Waals surface area (Å²) in [6.45, 7) is 3.37. The van der Waals surface area contributed by atoms with Crippen LogP contribution in [-0.2, 0) is 6.54 Å². The van der Waals surface area contributed by atoms with Crippen LogP contribution in [0.25, 0.3) is 0 Å². The Balaban J connectivity index is 1.23. The molecule has 1 aliphatic heterocycles. The van der Waals surface area contributed by atoms with Crippen LogP contribution in [0.5, 0.6) is 11.6 Å². The van der Waals surface area contributed by atoms with E-state index in [0.29, 0.717) is 31.6 Å². The van der Waals surface area contributed by atoms with E-state index in [2.05, 4.69) is 21.3 Å². The SMILES string of the molecule is COc1ccccc1N1CCN(C(=O)NCc2ccc(OC3CCCC3)nc2)CC1. The third-order valence-corrected chi connectivity index (χ3v) is 5.82. The van der Waals surface area contributed by atoms with E-state index in [9.17, 15) is 4.79 Å². The van der Waals surface area contributed by atoms with Gasteiger partial charge in [-0.15, -0.1) is 0 Å². The molecule has 2 heterocycles. The molecule has 1 N–H and O–H groups in total. The van der Waals surface area contributed by atoms with Crippen LogP contribution in [0.15, 0.2) is 42.6 Å². The number of hydrogen-bond donors (Lipinski definition) is 1. The zero-order valence-corrected chi connectivity index (χ0v) is 17.5. The van der Waals surface area contributed by atoms with E-state index in [4.69, 9.17) is 9.47 Å². The highest BCUT2D eigenvalue weighted by Crippen LogP contribution is 2.28. The van der Waals surface area contributed by atoms with Gasteiger partial charge in [-0.2, -0.15) is 0 Å². The molecule has 2 aliphatic rings. The van der Waals surface area contributed by atoms with Gasteiger partial charge in [-0.1, -0.05) is 18.2 Å². The third-order valence-electron chi connectivity index (χ3n) is 5.82. The van der Waals surface area contributed by atoms with Crippen LogP contribution in [0.3, 0.4) is 0 Å². The molecule has 1 saturated heterocycles. The molecule has 0 unspecified atom stereocenters. The lowest BCUT2D eigenvalue weighted by atomic mass is 10.2. The van der Waals surface area contributed by atoms with Gasteiger partial charge in [0.15, 0.2) is 0 Å². The number of methoxy groups -OCH3 is 1. The fraction of sp³-hybridized carbons (Fsp3) is 0.478. The summed E-state index contributed by atoms with van der Waals surface area (Å²) in [4.78, 5) is 21.1. The fourth-order valence-corrected chi connectivity index (χ4v) is 4.09. The molecule has 160 valence electrons. The Bertz CT molecular complexity index is 829. The second-order valence-electron chi connectivity index (χ2n) is 7.83. The smallest absolute Gasteiger partial charge is 0.317 e. The molecule has 7 heteroatoms. The minimum atomic E-state index is -0.0408. The normalized spacial score (nSPS) is 17.1. The summed E-state index contributed by atoms with van der Waals surface area (Å²) in [5, 5.41) is 3.00. The Kier molecular flexibility index (Phi) is 6.57. The zero-order chi connectivity index (χ0) is 20.8. The van der Waals surface area contributed by atoms with E-state index < -0.39 is 0 Å². The largest absolute Gasteiger partial charge is 0.495 e. The molecular weight excluding hydrogens is 380 g/mol. The number of para-hydroxylation sites is 2. The molecule has 0 radical (unpaired) electrons. The van der Waals surface area contributed by atoms with Gasteiger partial charge in [0, 0.05) is 45.0 Å². The molecule has 4 rings (SSSR count). The number of rotatable bonds is 6. The average molecular weight is 411 g/mol. The minimum absolute atomic E-state index is 0.0408. The highest BCUT2D eigenvalue weighted by molar-refractivity contribution is 5.74. The first-order chi connectivity index (χ1) is 14.7. The zero-order valence-electron chi connectivity index (χ0n) is 17.5. The first-order valence-electron chi connectivity index (χ1n) is 10.8. The van der Waals surface area contributed by atoms with Crippen molar-refractivity contribution in [2.24, 2.45) is 0 Å². The Morgan fingerprint density at radius 3 is 2.57 bits per heavy atom. The maximum Gasteiger partial charge on any atom is 0.317 e. The molecule has 1 aliphatic carbocycles. The lowest BCUT2D eigenvalue weighted by Gasteiger charge is -2.36. The number of aromatic nitrogens is 1. The van der Waals surface area contributed by atoms with Crippen LogP contribution < -0.4 is 19.7 Å². The summed E-state index contributed by atoms with van der Waals surface area (Å²) >= 11 is 0. The van der Waals surface area contributed by atoms with Gasteiger partial charge in [0.05, 0.1) is 12.8 Å². The van der Waals surface area contributed by atoms with Gasteiger partial charge in [0.2, 0.25) is 5.88 Å². The summed E-state index contributed by atoms with van der Waals surface area (Å²) in [6.07, 6.45) is 6.79. The van der Waals surface area contributed by atoms with Crippen molar-refractivity contribution in [3.05, 3.63) is 48.2 Å². The van der Waals surface area contributed by atoms with Crippen molar-refractivity contribution in [1.82, 2.24) is 15.2 Å². The average Bonchev–Trinajstić information content (AvgIpc) is 3.31. The number of benzene rings is 1.